The van der Waals surface area contributed by atoms with Gasteiger partial charge in [0.15, 0.2) is 0 Å². The molecule has 0 saturated carbocycles. The lowest BCUT2D eigenvalue weighted by molar-refractivity contribution is 0.623. The normalized spacial score (nSPS) is 11.0. The first-order valence-electron chi connectivity index (χ1n) is 6.25. The number of hydrogen-bond acceptors (Lipinski definition) is 2. The summed E-state index contributed by atoms with van der Waals surface area (Å²) >= 11 is 7.68. The predicted octanol–water partition coefficient (Wildman–Crippen LogP) is 5.04. The average Bonchev–Trinajstić information content (AvgIpc) is 2.89. The molecule has 2 rings (SSSR count). The molecule has 0 spiro atoms. The zero-order valence-electron chi connectivity index (χ0n) is 11.1. The molecule has 19 heavy (non-hydrogen) atoms. The van der Waals surface area contributed by atoms with Gasteiger partial charge in [-0.05, 0) is 49.1 Å². The first-order chi connectivity index (χ1) is 9.11. The van der Waals surface area contributed by atoms with Crippen molar-refractivity contribution in [2.24, 2.45) is 0 Å². The molecule has 0 bridgehead atoms. The van der Waals surface area contributed by atoms with E-state index >= 15 is 0 Å². The SMILES string of the molecule is CC(C)N(Cc1cccs1)c1ccc(F)cc1CCl. The third-order valence-corrected chi connectivity index (χ3v) is 4.17. The van der Waals surface area contributed by atoms with Crippen LogP contribution in [-0.2, 0) is 12.4 Å². The predicted molar refractivity (Wildman–Crippen MR) is 81.6 cm³/mol. The molecule has 0 saturated heterocycles. The summed E-state index contributed by atoms with van der Waals surface area (Å²) < 4.78 is 13.3. The van der Waals surface area contributed by atoms with Crippen molar-refractivity contribution in [3.05, 3.63) is 52.0 Å². The smallest absolute Gasteiger partial charge is 0.123 e. The molecule has 1 aromatic heterocycles. The van der Waals surface area contributed by atoms with E-state index in [2.05, 4.69) is 30.2 Å². The molecule has 102 valence electrons. The summed E-state index contributed by atoms with van der Waals surface area (Å²) in [5.41, 5.74) is 1.85. The van der Waals surface area contributed by atoms with Crippen molar-refractivity contribution >= 4 is 28.6 Å². The maximum atomic E-state index is 13.3. The van der Waals surface area contributed by atoms with Gasteiger partial charge in [-0.1, -0.05) is 6.07 Å². The molecule has 0 atom stereocenters. The fourth-order valence-electron chi connectivity index (χ4n) is 2.06. The second-order valence-electron chi connectivity index (χ2n) is 4.71. The molecular weight excluding hydrogens is 281 g/mol. The monoisotopic (exact) mass is 297 g/mol. The van der Waals surface area contributed by atoms with Crippen LogP contribution < -0.4 is 4.90 Å². The van der Waals surface area contributed by atoms with Gasteiger partial charge in [-0.15, -0.1) is 22.9 Å². The number of halogens is 2. The number of nitrogens with zero attached hydrogens (tertiary/aromatic N) is 1. The van der Waals surface area contributed by atoms with E-state index in [1.54, 1.807) is 11.3 Å². The molecule has 0 aliphatic heterocycles. The lowest BCUT2D eigenvalue weighted by Gasteiger charge is -2.30. The van der Waals surface area contributed by atoms with Gasteiger partial charge in [-0.25, -0.2) is 4.39 Å². The van der Waals surface area contributed by atoms with Crippen LogP contribution in [0, 0.1) is 5.82 Å². The van der Waals surface area contributed by atoms with E-state index in [4.69, 9.17) is 11.6 Å². The molecule has 1 nitrogen and oxygen atoms in total. The highest BCUT2D eigenvalue weighted by molar-refractivity contribution is 7.09. The maximum absolute atomic E-state index is 13.3. The molecule has 1 heterocycles. The molecule has 0 unspecified atom stereocenters. The van der Waals surface area contributed by atoms with E-state index in [0.717, 1.165) is 17.8 Å². The summed E-state index contributed by atoms with van der Waals surface area (Å²) in [7, 11) is 0. The van der Waals surface area contributed by atoms with Crippen molar-refractivity contribution in [3.8, 4) is 0 Å². The van der Waals surface area contributed by atoms with E-state index in [9.17, 15) is 4.39 Å². The van der Waals surface area contributed by atoms with Gasteiger partial charge in [0.2, 0.25) is 0 Å². The highest BCUT2D eigenvalue weighted by atomic mass is 35.5. The van der Waals surface area contributed by atoms with Crippen molar-refractivity contribution in [2.75, 3.05) is 4.90 Å². The summed E-state index contributed by atoms with van der Waals surface area (Å²) in [4.78, 5) is 3.54. The van der Waals surface area contributed by atoms with Gasteiger partial charge in [-0.2, -0.15) is 0 Å². The number of hydrogen-bond donors (Lipinski definition) is 0. The number of rotatable bonds is 5. The zero-order valence-corrected chi connectivity index (χ0v) is 12.6. The highest BCUT2D eigenvalue weighted by Crippen LogP contribution is 2.27. The Labute approximate surface area is 122 Å². The Morgan fingerprint density at radius 1 is 1.32 bits per heavy atom. The summed E-state index contributed by atoms with van der Waals surface area (Å²) in [6, 6.07) is 9.33. The van der Waals surface area contributed by atoms with Crippen LogP contribution in [-0.4, -0.2) is 6.04 Å². The van der Waals surface area contributed by atoms with Crippen LogP contribution >= 0.6 is 22.9 Å². The summed E-state index contributed by atoms with van der Waals surface area (Å²) in [5, 5.41) is 2.07. The molecule has 2 aromatic rings. The van der Waals surface area contributed by atoms with Crippen LogP contribution in [0.15, 0.2) is 35.7 Å². The molecule has 0 aliphatic rings. The van der Waals surface area contributed by atoms with Gasteiger partial charge < -0.3 is 4.90 Å². The van der Waals surface area contributed by atoms with Crippen molar-refractivity contribution in [3.63, 3.8) is 0 Å². The molecule has 0 amide bonds. The quantitative estimate of drug-likeness (QED) is 0.699. The van der Waals surface area contributed by atoms with E-state index in [1.165, 1.54) is 17.0 Å². The van der Waals surface area contributed by atoms with E-state index < -0.39 is 0 Å². The first-order valence-corrected chi connectivity index (χ1v) is 7.66. The van der Waals surface area contributed by atoms with Crippen LogP contribution in [0.2, 0.25) is 0 Å². The molecule has 0 N–H and O–H groups in total. The molecule has 0 radical (unpaired) electrons. The van der Waals surface area contributed by atoms with Crippen molar-refractivity contribution in [1.82, 2.24) is 0 Å². The second kappa shape index (κ2) is 6.40. The van der Waals surface area contributed by atoms with E-state index in [1.807, 2.05) is 12.1 Å². The van der Waals surface area contributed by atoms with Crippen molar-refractivity contribution < 1.29 is 4.39 Å². The minimum Gasteiger partial charge on any atom is -0.364 e. The van der Waals surface area contributed by atoms with Crippen LogP contribution in [0.4, 0.5) is 10.1 Å². The fourth-order valence-corrected chi connectivity index (χ4v) is 2.97. The summed E-state index contributed by atoms with van der Waals surface area (Å²) in [6.45, 7) is 5.09. The fraction of sp³-hybridized carbons (Fsp3) is 0.333. The van der Waals surface area contributed by atoms with Gasteiger partial charge >= 0.3 is 0 Å². The van der Waals surface area contributed by atoms with Crippen molar-refractivity contribution in [2.45, 2.75) is 32.3 Å². The van der Waals surface area contributed by atoms with Gasteiger partial charge in [0.25, 0.3) is 0 Å². The Balaban J connectivity index is 2.33. The minimum absolute atomic E-state index is 0.237. The number of anilines is 1. The molecular formula is C15H17ClFNS. The van der Waals surface area contributed by atoms with E-state index in [-0.39, 0.29) is 5.82 Å². The van der Waals surface area contributed by atoms with Crippen LogP contribution in [0.25, 0.3) is 0 Å². The first kappa shape index (κ1) is 14.4. The van der Waals surface area contributed by atoms with Gasteiger partial charge in [0.1, 0.15) is 5.82 Å². The largest absolute Gasteiger partial charge is 0.364 e. The average molecular weight is 298 g/mol. The molecule has 0 aliphatic carbocycles. The maximum Gasteiger partial charge on any atom is 0.123 e. The van der Waals surface area contributed by atoms with Gasteiger partial charge in [0, 0.05) is 22.5 Å². The van der Waals surface area contributed by atoms with Gasteiger partial charge in [0.05, 0.1) is 6.54 Å². The number of alkyl halides is 1. The lowest BCUT2D eigenvalue weighted by atomic mass is 10.1. The third-order valence-electron chi connectivity index (χ3n) is 3.02. The van der Waals surface area contributed by atoms with Gasteiger partial charge in [-0.3, -0.25) is 0 Å². The van der Waals surface area contributed by atoms with Crippen molar-refractivity contribution in [1.29, 1.82) is 0 Å². The number of thiophene rings is 1. The van der Waals surface area contributed by atoms with Crippen LogP contribution in [0.5, 0.6) is 0 Å². The summed E-state index contributed by atoms with van der Waals surface area (Å²) in [6.07, 6.45) is 0. The molecule has 4 heteroatoms. The van der Waals surface area contributed by atoms with E-state index in [0.29, 0.717) is 11.9 Å². The van der Waals surface area contributed by atoms with Crippen LogP contribution in [0.3, 0.4) is 0 Å². The van der Waals surface area contributed by atoms with Crippen LogP contribution in [0.1, 0.15) is 24.3 Å². The minimum atomic E-state index is -0.237. The third kappa shape index (κ3) is 3.48. The second-order valence-corrected chi connectivity index (χ2v) is 6.01. The standard InChI is InChI=1S/C15H17ClFNS/c1-11(2)18(10-14-4-3-7-19-14)15-6-5-13(17)8-12(15)9-16/h3-8,11H,9-10H2,1-2H3. The Bertz CT molecular complexity index is 525. The Morgan fingerprint density at radius 2 is 2.11 bits per heavy atom. The topological polar surface area (TPSA) is 3.24 Å². The summed E-state index contributed by atoms with van der Waals surface area (Å²) in [5.74, 6) is 0.0834. The molecule has 0 fully saturated rings. The Hall–Kier alpha value is -1.06. The zero-order chi connectivity index (χ0) is 13.8. The lowest BCUT2D eigenvalue weighted by Crippen LogP contribution is -2.30. The Morgan fingerprint density at radius 3 is 2.68 bits per heavy atom. The number of benzene rings is 1. The Kier molecular flexibility index (Phi) is 4.83. The highest BCUT2D eigenvalue weighted by Gasteiger charge is 2.15. The molecule has 1 aromatic carbocycles.